The Morgan fingerprint density at radius 3 is 2.58 bits per heavy atom. The van der Waals surface area contributed by atoms with Crippen LogP contribution >= 0.6 is 0 Å². The van der Waals surface area contributed by atoms with Crippen molar-refractivity contribution in [3.05, 3.63) is 54.2 Å². The summed E-state index contributed by atoms with van der Waals surface area (Å²) in [7, 11) is 3.63. The van der Waals surface area contributed by atoms with Gasteiger partial charge >= 0.3 is 0 Å². The van der Waals surface area contributed by atoms with Gasteiger partial charge in [0.2, 0.25) is 5.91 Å². The minimum absolute atomic E-state index is 0.00998. The van der Waals surface area contributed by atoms with Crippen LogP contribution < -0.4 is 15.8 Å². The molecule has 2 bridgehead atoms. The number of piperidine rings is 1. The van der Waals surface area contributed by atoms with Gasteiger partial charge in [-0.1, -0.05) is 0 Å². The molecule has 11 heteroatoms. The van der Waals surface area contributed by atoms with Crippen LogP contribution in [0.5, 0.6) is 5.75 Å². The van der Waals surface area contributed by atoms with E-state index in [-0.39, 0.29) is 23.9 Å². The van der Waals surface area contributed by atoms with Crippen molar-refractivity contribution in [3.63, 3.8) is 0 Å². The van der Waals surface area contributed by atoms with Crippen LogP contribution in [0.25, 0.3) is 44.8 Å². The molecule has 5 heterocycles. The molecule has 0 radical (unpaired) electrons. The number of anilines is 1. The van der Waals surface area contributed by atoms with Crippen molar-refractivity contribution in [1.82, 2.24) is 29.0 Å². The van der Waals surface area contributed by atoms with Gasteiger partial charge in [0, 0.05) is 61.9 Å². The largest absolute Gasteiger partial charge is 0.494 e. The maximum atomic E-state index is 13.7. The van der Waals surface area contributed by atoms with Crippen molar-refractivity contribution in [3.8, 4) is 28.5 Å². The molecule has 3 unspecified atom stereocenters. The summed E-state index contributed by atoms with van der Waals surface area (Å²) in [5.74, 6) is 2.72. The van der Waals surface area contributed by atoms with E-state index in [2.05, 4.69) is 31.6 Å². The highest BCUT2D eigenvalue weighted by atomic mass is 16.5. The van der Waals surface area contributed by atoms with Gasteiger partial charge < -0.3 is 29.8 Å². The summed E-state index contributed by atoms with van der Waals surface area (Å²) in [6.07, 6.45) is 6.17. The number of nitrogens with two attached hydrogens (primary N) is 1. The third-order valence-electron chi connectivity index (χ3n) is 9.79. The van der Waals surface area contributed by atoms with E-state index in [0.29, 0.717) is 41.0 Å². The molecule has 0 spiro atoms. The van der Waals surface area contributed by atoms with E-state index >= 15 is 0 Å². The monoisotopic (exact) mass is 604 g/mol. The lowest BCUT2D eigenvalue weighted by Gasteiger charge is -2.27. The number of amides is 2. The molecule has 1 aromatic carbocycles. The number of rotatable bonds is 7. The zero-order chi connectivity index (χ0) is 31.0. The molecular weight excluding hydrogens is 568 g/mol. The summed E-state index contributed by atoms with van der Waals surface area (Å²) in [6.45, 7) is 3.02. The van der Waals surface area contributed by atoms with Crippen molar-refractivity contribution >= 4 is 39.7 Å². The number of pyridine rings is 2. The number of nitrogens with zero attached hydrogens (tertiary/aromatic N) is 6. The Morgan fingerprint density at radius 2 is 1.91 bits per heavy atom. The summed E-state index contributed by atoms with van der Waals surface area (Å²) in [4.78, 5) is 41.7. The number of ether oxygens (including phenoxy) is 1. The van der Waals surface area contributed by atoms with E-state index in [9.17, 15) is 9.59 Å². The second-order valence-corrected chi connectivity index (χ2v) is 12.8. The number of carbonyl (C=O) groups is 2. The minimum atomic E-state index is -0.161. The molecule has 4 aromatic heterocycles. The Balaban J connectivity index is 1.20. The Morgan fingerprint density at radius 1 is 1.07 bits per heavy atom. The van der Waals surface area contributed by atoms with Crippen molar-refractivity contribution in [2.45, 2.75) is 51.2 Å². The van der Waals surface area contributed by atoms with Gasteiger partial charge in [0.05, 0.1) is 24.0 Å². The molecule has 1 saturated heterocycles. The number of hydrogen-bond acceptors (Lipinski definition) is 7. The number of aromatic nitrogens is 5. The highest BCUT2D eigenvalue weighted by Gasteiger charge is 2.47. The van der Waals surface area contributed by atoms with Crippen molar-refractivity contribution in [2.75, 3.05) is 19.0 Å². The fourth-order valence-electron chi connectivity index (χ4n) is 7.28. The summed E-state index contributed by atoms with van der Waals surface area (Å²) in [6, 6.07) is 13.8. The number of imidazole rings is 1. The maximum Gasteiger partial charge on any atom is 0.254 e. The first-order chi connectivity index (χ1) is 21.8. The van der Waals surface area contributed by atoms with Crippen LogP contribution in [0.3, 0.4) is 0 Å². The predicted octanol–water partition coefficient (Wildman–Crippen LogP) is 4.59. The van der Waals surface area contributed by atoms with Gasteiger partial charge in [-0.3, -0.25) is 9.59 Å². The normalized spacial score (nSPS) is 20.8. The van der Waals surface area contributed by atoms with E-state index in [1.807, 2.05) is 36.2 Å². The molecule has 2 aliphatic carbocycles. The van der Waals surface area contributed by atoms with E-state index in [1.165, 1.54) is 19.8 Å². The average Bonchev–Trinajstić information content (AvgIpc) is 3.44. The molecule has 3 fully saturated rings. The van der Waals surface area contributed by atoms with E-state index in [1.54, 1.807) is 19.4 Å². The number of methoxy groups -OCH3 is 1. The standard InChI is InChI=1S/C34H36N8O3/c1-18(43)37-29-11-8-21(15-36-29)24-9-6-20-13-27(41(32(20)38-24)16-19-4-5-19)33-39-25-12-23(14-28(45-3)31(25)40(33)2)34(44)42-17-22-7-10-26(42)30(22)35/h6,8-9,11-15,19,22,26,30H,4-5,7,10,16-17,35H2,1-3H3,(H,36,37,43). The van der Waals surface area contributed by atoms with Crippen LogP contribution in [0, 0.1) is 11.8 Å². The number of likely N-dealkylation sites (tertiary alicyclic amines) is 1. The topological polar surface area (TPSA) is 133 Å². The Bertz CT molecular complexity index is 1990. The van der Waals surface area contributed by atoms with Gasteiger partial charge in [0.15, 0.2) is 5.82 Å². The molecule has 8 rings (SSSR count). The second kappa shape index (κ2) is 10.4. The highest BCUT2D eigenvalue weighted by molar-refractivity contribution is 6.00. The van der Waals surface area contributed by atoms with Crippen molar-refractivity contribution < 1.29 is 14.3 Å². The zero-order valence-electron chi connectivity index (χ0n) is 25.7. The van der Waals surface area contributed by atoms with Crippen LogP contribution in [-0.2, 0) is 18.4 Å². The lowest BCUT2D eigenvalue weighted by Crippen LogP contribution is -2.41. The second-order valence-electron chi connectivity index (χ2n) is 12.8. The fraction of sp³-hybridized carbons (Fsp3) is 0.382. The first-order valence-electron chi connectivity index (χ1n) is 15.6. The molecule has 5 aromatic rings. The van der Waals surface area contributed by atoms with Crippen LogP contribution in [0.2, 0.25) is 0 Å². The molecule has 45 heavy (non-hydrogen) atoms. The molecule has 11 nitrogen and oxygen atoms in total. The zero-order valence-corrected chi connectivity index (χ0v) is 25.7. The van der Waals surface area contributed by atoms with Gasteiger partial charge in [-0.25, -0.2) is 15.0 Å². The number of aryl methyl sites for hydroxylation is 1. The highest BCUT2D eigenvalue weighted by Crippen LogP contribution is 2.40. The number of carbonyl (C=O) groups excluding carboxylic acids is 2. The molecule has 230 valence electrons. The fourth-order valence-corrected chi connectivity index (χ4v) is 7.28. The van der Waals surface area contributed by atoms with E-state index < -0.39 is 0 Å². The summed E-state index contributed by atoms with van der Waals surface area (Å²) in [5.41, 5.74) is 12.1. The van der Waals surface area contributed by atoms with Crippen molar-refractivity contribution in [1.29, 1.82) is 0 Å². The minimum Gasteiger partial charge on any atom is -0.494 e. The lowest BCUT2D eigenvalue weighted by molar-refractivity contribution is -0.114. The Kier molecular flexibility index (Phi) is 6.42. The maximum absolute atomic E-state index is 13.7. The third kappa shape index (κ3) is 4.64. The summed E-state index contributed by atoms with van der Waals surface area (Å²) in [5, 5.41) is 3.73. The van der Waals surface area contributed by atoms with Crippen LogP contribution in [-0.4, -0.2) is 66.5 Å². The van der Waals surface area contributed by atoms with Gasteiger partial charge in [0.1, 0.15) is 22.7 Å². The third-order valence-corrected chi connectivity index (χ3v) is 9.79. The van der Waals surface area contributed by atoms with Crippen molar-refractivity contribution in [2.24, 2.45) is 24.6 Å². The molecule has 3 N–H and O–H groups in total. The number of nitrogens with one attached hydrogen (secondary N) is 1. The quantitative estimate of drug-likeness (QED) is 0.278. The van der Waals surface area contributed by atoms with Crippen LogP contribution in [0.15, 0.2) is 48.7 Å². The molecule has 2 saturated carbocycles. The summed E-state index contributed by atoms with van der Waals surface area (Å²) < 4.78 is 10.2. The molecule has 3 atom stereocenters. The van der Waals surface area contributed by atoms with Gasteiger partial charge in [-0.2, -0.15) is 0 Å². The van der Waals surface area contributed by atoms with E-state index in [0.717, 1.165) is 58.7 Å². The first kappa shape index (κ1) is 27.8. The lowest BCUT2D eigenvalue weighted by atomic mass is 10.1. The number of fused-ring (bicyclic) bond motifs is 4. The average molecular weight is 605 g/mol. The first-order valence-corrected chi connectivity index (χ1v) is 15.6. The number of hydrogen-bond donors (Lipinski definition) is 2. The van der Waals surface area contributed by atoms with Crippen LogP contribution in [0.1, 0.15) is 43.0 Å². The molecule has 3 aliphatic rings. The predicted molar refractivity (Wildman–Crippen MR) is 172 cm³/mol. The van der Waals surface area contributed by atoms with E-state index in [4.69, 9.17) is 20.4 Å². The number of benzene rings is 1. The molecular formula is C34H36N8O3. The molecule has 1 aliphatic heterocycles. The Hall–Kier alpha value is -4.77. The Labute approximate surface area is 260 Å². The van der Waals surface area contributed by atoms with Gasteiger partial charge in [0.25, 0.3) is 5.91 Å². The van der Waals surface area contributed by atoms with Gasteiger partial charge in [-0.05, 0) is 80.0 Å². The summed E-state index contributed by atoms with van der Waals surface area (Å²) >= 11 is 0. The SMILES string of the molecule is COc1cc(C(=O)N2CC3CCC2C3N)cc2nc(-c3cc4ccc(-c5ccc(NC(C)=O)nc5)nc4n3CC3CC3)n(C)c12. The van der Waals surface area contributed by atoms with Crippen LogP contribution in [0.4, 0.5) is 5.82 Å². The smallest absolute Gasteiger partial charge is 0.254 e. The van der Waals surface area contributed by atoms with Gasteiger partial charge in [-0.15, -0.1) is 0 Å². The molecule has 2 amide bonds.